The zero-order chi connectivity index (χ0) is 20.5. The van der Waals surface area contributed by atoms with Crippen molar-refractivity contribution in [3.8, 4) is 0 Å². The highest BCUT2D eigenvalue weighted by Crippen LogP contribution is 2.50. The van der Waals surface area contributed by atoms with Crippen molar-refractivity contribution in [2.24, 2.45) is 11.1 Å². The molecular weight excluding hydrogens is 362 g/mol. The first-order valence-electron chi connectivity index (χ1n) is 9.82. The largest absolute Gasteiger partial charge is 0.378 e. The second-order valence-corrected chi connectivity index (χ2v) is 8.28. The standard InChI is InChI=1S/C19H31N5O4/c1-5-27-14-11-19(20,18(14,3)4)17(26)24-8-6-23(7-9-24)12-16(25)21-15-10-13(2)28-22-15/h10,14H,5-9,11-12,20H2,1-4H3,(H,21,22,25). The number of nitrogens with zero attached hydrogens (tertiary/aromatic N) is 3. The molecule has 0 radical (unpaired) electrons. The van der Waals surface area contributed by atoms with Crippen molar-refractivity contribution in [1.82, 2.24) is 15.0 Å². The van der Waals surface area contributed by atoms with Crippen LogP contribution in [0.1, 0.15) is 33.0 Å². The Morgan fingerprint density at radius 1 is 1.36 bits per heavy atom. The lowest BCUT2D eigenvalue weighted by molar-refractivity contribution is -0.180. The van der Waals surface area contributed by atoms with E-state index in [1.54, 1.807) is 13.0 Å². The van der Waals surface area contributed by atoms with Crippen LogP contribution < -0.4 is 11.1 Å². The van der Waals surface area contributed by atoms with Gasteiger partial charge in [0, 0.05) is 50.7 Å². The fraction of sp³-hybridized carbons (Fsp3) is 0.737. The van der Waals surface area contributed by atoms with E-state index in [0.29, 0.717) is 50.8 Å². The van der Waals surface area contributed by atoms with E-state index in [1.807, 2.05) is 30.6 Å². The van der Waals surface area contributed by atoms with Crippen molar-refractivity contribution in [2.75, 3.05) is 44.6 Å². The molecule has 0 spiro atoms. The number of carbonyl (C=O) groups is 2. The number of hydrogen-bond donors (Lipinski definition) is 2. The van der Waals surface area contributed by atoms with E-state index in [9.17, 15) is 9.59 Å². The summed E-state index contributed by atoms with van der Waals surface area (Å²) in [7, 11) is 0. The molecule has 1 aliphatic heterocycles. The lowest BCUT2D eigenvalue weighted by Crippen LogP contribution is -2.76. The molecule has 2 aliphatic rings. The van der Waals surface area contributed by atoms with E-state index >= 15 is 0 Å². The monoisotopic (exact) mass is 393 g/mol. The van der Waals surface area contributed by atoms with Crippen molar-refractivity contribution in [3.63, 3.8) is 0 Å². The molecule has 2 heterocycles. The second-order valence-electron chi connectivity index (χ2n) is 8.28. The third-order valence-corrected chi connectivity index (χ3v) is 6.13. The van der Waals surface area contributed by atoms with Crippen LogP contribution in [0, 0.1) is 12.3 Å². The zero-order valence-corrected chi connectivity index (χ0v) is 17.2. The maximum atomic E-state index is 13.1. The molecule has 9 nitrogen and oxygen atoms in total. The third-order valence-electron chi connectivity index (χ3n) is 6.13. The summed E-state index contributed by atoms with van der Waals surface area (Å²) in [5.41, 5.74) is 5.23. The van der Waals surface area contributed by atoms with E-state index in [2.05, 4.69) is 10.5 Å². The van der Waals surface area contributed by atoms with E-state index in [-0.39, 0.29) is 24.5 Å². The van der Waals surface area contributed by atoms with Gasteiger partial charge in [0.15, 0.2) is 5.82 Å². The van der Waals surface area contributed by atoms with Gasteiger partial charge in [-0.25, -0.2) is 0 Å². The molecule has 2 amide bonds. The van der Waals surface area contributed by atoms with Crippen molar-refractivity contribution >= 4 is 17.6 Å². The van der Waals surface area contributed by atoms with Crippen LogP contribution in [0.5, 0.6) is 0 Å². The van der Waals surface area contributed by atoms with Crippen molar-refractivity contribution in [1.29, 1.82) is 0 Å². The van der Waals surface area contributed by atoms with Crippen molar-refractivity contribution in [2.45, 2.75) is 45.8 Å². The first kappa shape index (κ1) is 20.8. The Morgan fingerprint density at radius 3 is 2.57 bits per heavy atom. The Hall–Kier alpha value is -1.97. The molecule has 2 fully saturated rings. The number of nitrogens with one attached hydrogen (secondary N) is 1. The molecule has 0 aromatic carbocycles. The average Bonchev–Trinajstić information content (AvgIpc) is 3.05. The quantitative estimate of drug-likeness (QED) is 0.727. The molecule has 28 heavy (non-hydrogen) atoms. The van der Waals surface area contributed by atoms with Gasteiger partial charge < -0.3 is 25.2 Å². The Kier molecular flexibility index (Phi) is 5.79. The summed E-state index contributed by atoms with van der Waals surface area (Å²) in [6.07, 6.45) is 0.559. The average molecular weight is 393 g/mol. The van der Waals surface area contributed by atoms with Crippen LogP contribution in [0.25, 0.3) is 0 Å². The number of carbonyl (C=O) groups excluding carboxylic acids is 2. The third kappa shape index (κ3) is 3.78. The molecule has 0 bridgehead atoms. The predicted octanol–water partition coefficient (Wildman–Crippen LogP) is 0.598. The van der Waals surface area contributed by atoms with E-state index in [4.69, 9.17) is 15.0 Å². The molecule has 2 unspecified atom stereocenters. The van der Waals surface area contributed by atoms with Crippen molar-refractivity contribution in [3.05, 3.63) is 11.8 Å². The number of piperazine rings is 1. The first-order valence-corrected chi connectivity index (χ1v) is 9.82. The smallest absolute Gasteiger partial charge is 0.243 e. The number of hydrogen-bond acceptors (Lipinski definition) is 7. The normalized spacial score (nSPS) is 27.3. The predicted molar refractivity (Wildman–Crippen MR) is 104 cm³/mol. The molecule has 1 saturated heterocycles. The van der Waals surface area contributed by atoms with E-state index < -0.39 is 11.0 Å². The number of nitrogens with two attached hydrogens (primary N) is 1. The molecule has 156 valence electrons. The van der Waals surface area contributed by atoms with Gasteiger partial charge in [0.2, 0.25) is 11.8 Å². The molecular formula is C19H31N5O4. The van der Waals surface area contributed by atoms with Gasteiger partial charge in [0.05, 0.1) is 12.6 Å². The van der Waals surface area contributed by atoms with Crippen LogP contribution in [0.4, 0.5) is 5.82 Å². The summed E-state index contributed by atoms with van der Waals surface area (Å²) in [5.74, 6) is 0.889. The van der Waals surface area contributed by atoms with Gasteiger partial charge in [0.25, 0.3) is 0 Å². The fourth-order valence-electron chi connectivity index (χ4n) is 4.00. The summed E-state index contributed by atoms with van der Waals surface area (Å²) in [6.45, 7) is 11.0. The van der Waals surface area contributed by atoms with Gasteiger partial charge >= 0.3 is 0 Å². The van der Waals surface area contributed by atoms with Crippen LogP contribution in [0.15, 0.2) is 10.6 Å². The molecule has 1 saturated carbocycles. The minimum absolute atomic E-state index is 0.0107. The number of amides is 2. The molecule has 1 aromatic heterocycles. The number of anilines is 1. The fourth-order valence-corrected chi connectivity index (χ4v) is 4.00. The summed E-state index contributed by atoms with van der Waals surface area (Å²) >= 11 is 0. The van der Waals surface area contributed by atoms with E-state index in [0.717, 1.165) is 0 Å². The number of rotatable bonds is 6. The zero-order valence-electron chi connectivity index (χ0n) is 17.2. The van der Waals surface area contributed by atoms with Crippen molar-refractivity contribution < 1.29 is 18.8 Å². The van der Waals surface area contributed by atoms with Gasteiger partial charge in [0.1, 0.15) is 11.3 Å². The summed E-state index contributed by atoms with van der Waals surface area (Å²) in [5, 5.41) is 6.47. The van der Waals surface area contributed by atoms with Crippen LogP contribution >= 0.6 is 0 Å². The maximum absolute atomic E-state index is 13.1. The lowest BCUT2D eigenvalue weighted by Gasteiger charge is -2.59. The number of aromatic nitrogens is 1. The van der Waals surface area contributed by atoms with Gasteiger partial charge in [-0.1, -0.05) is 19.0 Å². The van der Waals surface area contributed by atoms with Gasteiger partial charge in [-0.05, 0) is 13.8 Å². The van der Waals surface area contributed by atoms with Crippen LogP contribution in [0.2, 0.25) is 0 Å². The lowest BCUT2D eigenvalue weighted by atomic mass is 9.54. The Balaban J connectivity index is 1.48. The van der Waals surface area contributed by atoms with Gasteiger partial charge in [-0.2, -0.15) is 0 Å². The summed E-state index contributed by atoms with van der Waals surface area (Å²) < 4.78 is 10.7. The molecule has 1 aromatic rings. The topological polar surface area (TPSA) is 114 Å². The molecule has 1 aliphatic carbocycles. The molecule has 2 atom stereocenters. The second kappa shape index (κ2) is 7.81. The Labute approximate surface area is 165 Å². The minimum Gasteiger partial charge on any atom is -0.378 e. The van der Waals surface area contributed by atoms with E-state index in [1.165, 1.54) is 0 Å². The maximum Gasteiger partial charge on any atom is 0.243 e. The first-order chi connectivity index (χ1) is 13.2. The molecule has 3 N–H and O–H groups in total. The van der Waals surface area contributed by atoms with Crippen LogP contribution in [0.3, 0.4) is 0 Å². The molecule has 9 heteroatoms. The summed E-state index contributed by atoms with van der Waals surface area (Å²) in [4.78, 5) is 29.1. The SMILES string of the molecule is CCOC1CC(N)(C(=O)N2CCN(CC(=O)Nc3cc(C)on3)CC2)C1(C)C. The number of aryl methyl sites for hydroxylation is 1. The highest BCUT2D eigenvalue weighted by Gasteiger charge is 2.63. The highest BCUT2D eigenvalue weighted by molar-refractivity contribution is 5.91. The molecule has 3 rings (SSSR count). The van der Waals surface area contributed by atoms with Gasteiger partial charge in [-0.15, -0.1) is 0 Å². The van der Waals surface area contributed by atoms with Gasteiger partial charge in [-0.3, -0.25) is 14.5 Å². The Morgan fingerprint density at radius 2 is 2.04 bits per heavy atom. The Bertz CT molecular complexity index is 726. The minimum atomic E-state index is -0.892. The summed E-state index contributed by atoms with van der Waals surface area (Å²) in [6, 6.07) is 1.67. The van der Waals surface area contributed by atoms with Crippen LogP contribution in [-0.2, 0) is 14.3 Å². The van der Waals surface area contributed by atoms with Crippen LogP contribution in [-0.4, -0.2) is 77.7 Å². The highest BCUT2D eigenvalue weighted by atomic mass is 16.5. The number of ether oxygens (including phenoxy) is 1.